The van der Waals surface area contributed by atoms with Crippen molar-refractivity contribution in [3.8, 4) is 0 Å². The molecule has 1 heterocycles. The number of rotatable bonds is 6. The second kappa shape index (κ2) is 6.34. The van der Waals surface area contributed by atoms with Gasteiger partial charge in [0, 0.05) is 33.4 Å². The lowest BCUT2D eigenvalue weighted by atomic mass is 10.4. The van der Waals surface area contributed by atoms with E-state index in [0.717, 1.165) is 18.8 Å². The third-order valence-electron chi connectivity index (χ3n) is 1.88. The van der Waals surface area contributed by atoms with E-state index in [4.69, 9.17) is 9.47 Å². The summed E-state index contributed by atoms with van der Waals surface area (Å²) >= 11 is 0. The molecule has 0 unspecified atom stereocenters. The zero-order valence-corrected chi connectivity index (χ0v) is 8.56. The van der Waals surface area contributed by atoms with Crippen molar-refractivity contribution < 1.29 is 9.47 Å². The van der Waals surface area contributed by atoms with Gasteiger partial charge in [0.1, 0.15) is 5.82 Å². The van der Waals surface area contributed by atoms with Crippen LogP contribution in [-0.2, 0) is 9.47 Å². The Hall–Kier alpha value is -1.13. The predicted octanol–water partition coefficient (Wildman–Crippen LogP) is 1.50. The van der Waals surface area contributed by atoms with Crippen molar-refractivity contribution in [2.45, 2.75) is 12.7 Å². The maximum atomic E-state index is 5.05. The first-order valence-corrected chi connectivity index (χ1v) is 4.57. The molecule has 0 aliphatic heterocycles. The predicted molar refractivity (Wildman–Crippen MR) is 55.1 cm³/mol. The van der Waals surface area contributed by atoms with E-state index in [9.17, 15) is 0 Å². The molecule has 1 rings (SSSR count). The van der Waals surface area contributed by atoms with E-state index in [-0.39, 0.29) is 6.29 Å². The Labute approximate surface area is 84.3 Å². The topological polar surface area (TPSA) is 43.4 Å². The summed E-state index contributed by atoms with van der Waals surface area (Å²) in [6.07, 6.45) is 2.40. The van der Waals surface area contributed by atoms with Crippen LogP contribution in [0.3, 0.4) is 0 Å². The number of pyridine rings is 1. The summed E-state index contributed by atoms with van der Waals surface area (Å²) < 4.78 is 10.1. The molecular weight excluding hydrogens is 180 g/mol. The molecule has 14 heavy (non-hydrogen) atoms. The van der Waals surface area contributed by atoms with Crippen molar-refractivity contribution in [2.75, 3.05) is 26.1 Å². The number of hydrogen-bond acceptors (Lipinski definition) is 4. The summed E-state index contributed by atoms with van der Waals surface area (Å²) in [5.74, 6) is 0.874. The van der Waals surface area contributed by atoms with Crippen molar-refractivity contribution in [3.63, 3.8) is 0 Å². The number of ether oxygens (including phenoxy) is 2. The van der Waals surface area contributed by atoms with E-state index in [1.807, 2.05) is 18.2 Å². The first-order valence-electron chi connectivity index (χ1n) is 4.57. The van der Waals surface area contributed by atoms with Gasteiger partial charge in [-0.1, -0.05) is 6.07 Å². The lowest BCUT2D eigenvalue weighted by molar-refractivity contribution is -0.103. The zero-order valence-electron chi connectivity index (χ0n) is 8.56. The number of nitrogens with zero attached hydrogens (tertiary/aromatic N) is 1. The van der Waals surface area contributed by atoms with Gasteiger partial charge in [0.2, 0.25) is 0 Å². The Morgan fingerprint density at radius 1 is 1.36 bits per heavy atom. The van der Waals surface area contributed by atoms with E-state index in [1.165, 1.54) is 0 Å². The standard InChI is InChI=1S/C10H16N2O2/c1-13-10(14-2)6-8-12-9-5-3-4-7-11-9/h3-5,7,10H,6,8H2,1-2H3,(H,11,12). The molecule has 78 valence electrons. The monoisotopic (exact) mass is 196 g/mol. The fourth-order valence-electron chi connectivity index (χ4n) is 1.12. The number of nitrogens with one attached hydrogen (secondary N) is 1. The van der Waals surface area contributed by atoms with Crippen molar-refractivity contribution in [2.24, 2.45) is 0 Å². The molecule has 1 aromatic rings. The minimum absolute atomic E-state index is 0.147. The highest BCUT2D eigenvalue weighted by atomic mass is 16.7. The smallest absolute Gasteiger partial charge is 0.158 e. The van der Waals surface area contributed by atoms with E-state index in [2.05, 4.69) is 10.3 Å². The molecule has 0 saturated heterocycles. The Morgan fingerprint density at radius 3 is 2.71 bits per heavy atom. The van der Waals surface area contributed by atoms with Crippen molar-refractivity contribution >= 4 is 5.82 Å². The fourth-order valence-corrected chi connectivity index (χ4v) is 1.12. The molecule has 0 aliphatic rings. The number of methoxy groups -OCH3 is 2. The second-order valence-corrected chi connectivity index (χ2v) is 2.83. The first-order chi connectivity index (χ1) is 6.86. The zero-order chi connectivity index (χ0) is 10.2. The Morgan fingerprint density at radius 2 is 2.14 bits per heavy atom. The largest absolute Gasteiger partial charge is 0.370 e. The van der Waals surface area contributed by atoms with Gasteiger partial charge in [0.25, 0.3) is 0 Å². The highest BCUT2D eigenvalue weighted by Gasteiger charge is 2.03. The van der Waals surface area contributed by atoms with Crippen LogP contribution in [-0.4, -0.2) is 32.0 Å². The molecule has 0 bridgehead atoms. The molecular formula is C10H16N2O2. The molecule has 1 aromatic heterocycles. The Kier molecular flexibility index (Phi) is 4.96. The summed E-state index contributed by atoms with van der Waals surface area (Å²) in [6.45, 7) is 0.781. The third-order valence-corrected chi connectivity index (χ3v) is 1.88. The molecule has 0 aromatic carbocycles. The van der Waals surface area contributed by atoms with Gasteiger partial charge in [-0.15, -0.1) is 0 Å². The maximum absolute atomic E-state index is 5.05. The molecule has 0 amide bonds. The normalized spacial score (nSPS) is 10.5. The van der Waals surface area contributed by atoms with E-state index in [0.29, 0.717) is 0 Å². The fraction of sp³-hybridized carbons (Fsp3) is 0.500. The minimum Gasteiger partial charge on any atom is -0.370 e. The van der Waals surface area contributed by atoms with Crippen molar-refractivity contribution in [1.29, 1.82) is 0 Å². The SMILES string of the molecule is COC(CCNc1ccccn1)OC. The summed E-state index contributed by atoms with van der Waals surface area (Å²) in [7, 11) is 3.27. The molecule has 0 fully saturated rings. The summed E-state index contributed by atoms with van der Waals surface area (Å²) in [4.78, 5) is 4.13. The minimum atomic E-state index is -0.147. The lowest BCUT2D eigenvalue weighted by Gasteiger charge is -2.13. The van der Waals surface area contributed by atoms with Gasteiger partial charge in [-0.25, -0.2) is 4.98 Å². The third kappa shape index (κ3) is 3.72. The van der Waals surface area contributed by atoms with Crippen LogP contribution in [0.25, 0.3) is 0 Å². The van der Waals surface area contributed by atoms with Gasteiger partial charge in [0.05, 0.1) is 0 Å². The molecule has 1 N–H and O–H groups in total. The van der Waals surface area contributed by atoms with Crippen LogP contribution in [0.4, 0.5) is 5.82 Å². The molecule has 0 saturated carbocycles. The average molecular weight is 196 g/mol. The van der Waals surface area contributed by atoms with Crippen LogP contribution in [0.5, 0.6) is 0 Å². The van der Waals surface area contributed by atoms with Crippen molar-refractivity contribution in [3.05, 3.63) is 24.4 Å². The molecule has 4 nitrogen and oxygen atoms in total. The Balaban J connectivity index is 2.21. The van der Waals surface area contributed by atoms with Crippen LogP contribution < -0.4 is 5.32 Å². The van der Waals surface area contributed by atoms with Crippen LogP contribution in [0.1, 0.15) is 6.42 Å². The maximum Gasteiger partial charge on any atom is 0.158 e. The lowest BCUT2D eigenvalue weighted by Crippen LogP contribution is -2.17. The van der Waals surface area contributed by atoms with Crippen LogP contribution in [0.2, 0.25) is 0 Å². The average Bonchev–Trinajstić information content (AvgIpc) is 2.26. The molecule has 4 heteroatoms. The molecule has 0 atom stereocenters. The van der Waals surface area contributed by atoms with E-state index < -0.39 is 0 Å². The van der Waals surface area contributed by atoms with Crippen molar-refractivity contribution in [1.82, 2.24) is 4.98 Å². The van der Waals surface area contributed by atoms with Gasteiger partial charge >= 0.3 is 0 Å². The molecule has 0 radical (unpaired) electrons. The summed E-state index contributed by atoms with van der Waals surface area (Å²) in [5, 5.41) is 3.17. The summed E-state index contributed by atoms with van der Waals surface area (Å²) in [6, 6.07) is 5.76. The quantitative estimate of drug-likeness (QED) is 0.700. The van der Waals surface area contributed by atoms with Crippen LogP contribution in [0.15, 0.2) is 24.4 Å². The van der Waals surface area contributed by atoms with Gasteiger partial charge in [0.15, 0.2) is 6.29 Å². The van der Waals surface area contributed by atoms with Gasteiger partial charge < -0.3 is 14.8 Å². The number of anilines is 1. The van der Waals surface area contributed by atoms with Gasteiger partial charge in [-0.05, 0) is 12.1 Å². The number of aromatic nitrogens is 1. The summed E-state index contributed by atoms with van der Waals surface area (Å²) in [5.41, 5.74) is 0. The van der Waals surface area contributed by atoms with E-state index in [1.54, 1.807) is 20.4 Å². The van der Waals surface area contributed by atoms with Gasteiger partial charge in [-0.2, -0.15) is 0 Å². The highest BCUT2D eigenvalue weighted by molar-refractivity contribution is 5.32. The van der Waals surface area contributed by atoms with Crippen LogP contribution in [0, 0.1) is 0 Å². The molecule has 0 spiro atoms. The van der Waals surface area contributed by atoms with E-state index >= 15 is 0 Å². The van der Waals surface area contributed by atoms with Crippen LogP contribution >= 0.6 is 0 Å². The van der Waals surface area contributed by atoms with Gasteiger partial charge in [-0.3, -0.25) is 0 Å². The first kappa shape index (κ1) is 10.9. The number of hydrogen-bond donors (Lipinski definition) is 1. The highest BCUT2D eigenvalue weighted by Crippen LogP contribution is 2.02. The second-order valence-electron chi connectivity index (χ2n) is 2.83. The molecule has 0 aliphatic carbocycles. The Bertz CT molecular complexity index is 237.